The van der Waals surface area contributed by atoms with Gasteiger partial charge in [-0.05, 0) is 45.1 Å². The molecule has 1 aliphatic rings. The molecule has 0 aliphatic carbocycles. The van der Waals surface area contributed by atoms with Crippen molar-refractivity contribution in [3.63, 3.8) is 0 Å². The van der Waals surface area contributed by atoms with Crippen molar-refractivity contribution in [3.8, 4) is 11.3 Å². The Kier molecular flexibility index (Phi) is 5.49. The van der Waals surface area contributed by atoms with Crippen LogP contribution in [0.2, 0.25) is 0 Å². The lowest BCUT2D eigenvalue weighted by molar-refractivity contribution is 0.0637. The van der Waals surface area contributed by atoms with E-state index in [1.165, 1.54) is 0 Å². The summed E-state index contributed by atoms with van der Waals surface area (Å²) in [5, 5.41) is 5.32. The third-order valence-electron chi connectivity index (χ3n) is 6.21. The number of aromatic nitrogens is 3. The summed E-state index contributed by atoms with van der Waals surface area (Å²) >= 11 is 0. The first-order valence-electron chi connectivity index (χ1n) is 11.0. The number of likely N-dealkylation sites (tertiary alicyclic amines) is 1. The van der Waals surface area contributed by atoms with Gasteiger partial charge in [0.2, 0.25) is 0 Å². The van der Waals surface area contributed by atoms with Crippen molar-refractivity contribution in [2.75, 3.05) is 27.2 Å². The Morgan fingerprint density at radius 2 is 2.03 bits per heavy atom. The first-order valence-corrected chi connectivity index (χ1v) is 11.0. The minimum atomic E-state index is 0.0404. The van der Waals surface area contributed by atoms with Crippen molar-refractivity contribution in [3.05, 3.63) is 72.3 Å². The lowest BCUT2D eigenvalue weighted by Gasteiger charge is -2.36. The summed E-state index contributed by atoms with van der Waals surface area (Å²) in [5.41, 5.74) is 3.08. The van der Waals surface area contributed by atoms with Crippen molar-refractivity contribution in [2.45, 2.75) is 25.4 Å². The zero-order valence-corrected chi connectivity index (χ0v) is 18.4. The molecule has 1 unspecified atom stereocenters. The monoisotopic (exact) mass is 429 g/mol. The summed E-state index contributed by atoms with van der Waals surface area (Å²) in [6.07, 6.45) is 5.52. The molecule has 0 radical (unpaired) electrons. The number of furan rings is 1. The predicted octanol–water partition coefficient (Wildman–Crippen LogP) is 3.91. The van der Waals surface area contributed by atoms with E-state index in [1.807, 2.05) is 53.4 Å². The molecule has 1 aromatic carbocycles. The molecule has 1 fully saturated rings. The van der Waals surface area contributed by atoms with Gasteiger partial charge in [-0.25, -0.2) is 9.67 Å². The molecule has 1 aliphatic heterocycles. The van der Waals surface area contributed by atoms with Crippen LogP contribution in [0.1, 0.15) is 29.0 Å². The van der Waals surface area contributed by atoms with Crippen LogP contribution < -0.4 is 0 Å². The normalized spacial score (nSPS) is 16.7. The molecule has 0 N–H and O–H groups in total. The van der Waals surface area contributed by atoms with Crippen LogP contribution in [0.25, 0.3) is 22.3 Å². The second-order valence-corrected chi connectivity index (χ2v) is 8.55. The number of piperidine rings is 1. The highest BCUT2D eigenvalue weighted by Gasteiger charge is 2.28. The maximum absolute atomic E-state index is 13.7. The summed E-state index contributed by atoms with van der Waals surface area (Å²) in [4.78, 5) is 22.8. The molecule has 1 amide bonds. The Balaban J connectivity index is 1.59. The SMILES string of the molecule is CN(C)C1CCCN(C(=O)c2cc(-c3ccccc3)nc3c2cnn3Cc2ccco2)C1. The number of pyridine rings is 1. The van der Waals surface area contributed by atoms with E-state index in [0.717, 1.165) is 48.3 Å². The van der Waals surface area contributed by atoms with Gasteiger partial charge in [-0.3, -0.25) is 4.79 Å². The fourth-order valence-electron chi connectivity index (χ4n) is 4.38. The number of rotatable bonds is 5. The highest BCUT2D eigenvalue weighted by Crippen LogP contribution is 2.27. The molecular weight excluding hydrogens is 402 g/mol. The standard InChI is InChI=1S/C25H27N5O2/c1-28(2)19-10-6-12-29(16-19)25(31)21-14-23(18-8-4-3-5-9-18)27-24-22(21)15-26-30(24)17-20-11-7-13-32-20/h3-5,7-9,11,13-15,19H,6,10,12,16-17H2,1-2H3. The minimum absolute atomic E-state index is 0.0404. The molecule has 4 heterocycles. The van der Waals surface area contributed by atoms with Crippen LogP contribution >= 0.6 is 0 Å². The zero-order chi connectivity index (χ0) is 22.1. The third-order valence-corrected chi connectivity index (χ3v) is 6.21. The Bertz CT molecular complexity index is 1210. The maximum Gasteiger partial charge on any atom is 0.254 e. The molecule has 3 aromatic heterocycles. The van der Waals surface area contributed by atoms with E-state index < -0.39 is 0 Å². The molecule has 7 heteroatoms. The summed E-state index contributed by atoms with van der Waals surface area (Å²) in [6, 6.07) is 16.0. The molecule has 0 saturated carbocycles. The molecule has 164 valence electrons. The second-order valence-electron chi connectivity index (χ2n) is 8.55. The fraction of sp³-hybridized carbons (Fsp3) is 0.320. The van der Waals surface area contributed by atoms with Crippen LogP contribution in [0.4, 0.5) is 0 Å². The quantitative estimate of drug-likeness (QED) is 0.481. The van der Waals surface area contributed by atoms with Gasteiger partial charge in [0.15, 0.2) is 5.65 Å². The average molecular weight is 430 g/mol. The Morgan fingerprint density at radius 3 is 2.78 bits per heavy atom. The van der Waals surface area contributed by atoms with E-state index in [2.05, 4.69) is 24.1 Å². The van der Waals surface area contributed by atoms with E-state index in [9.17, 15) is 4.79 Å². The number of benzene rings is 1. The van der Waals surface area contributed by atoms with E-state index in [4.69, 9.17) is 9.40 Å². The summed E-state index contributed by atoms with van der Waals surface area (Å²) < 4.78 is 7.31. The van der Waals surface area contributed by atoms with Gasteiger partial charge in [-0.1, -0.05) is 30.3 Å². The van der Waals surface area contributed by atoms with Crippen LogP contribution in [-0.4, -0.2) is 63.7 Å². The average Bonchev–Trinajstić information content (AvgIpc) is 3.49. The van der Waals surface area contributed by atoms with E-state index in [-0.39, 0.29) is 5.91 Å². The van der Waals surface area contributed by atoms with Crippen LogP contribution in [0.15, 0.2) is 65.4 Å². The molecule has 32 heavy (non-hydrogen) atoms. The summed E-state index contributed by atoms with van der Waals surface area (Å²) in [5.74, 6) is 0.832. The highest BCUT2D eigenvalue weighted by molar-refractivity contribution is 6.06. The van der Waals surface area contributed by atoms with Crippen LogP contribution in [0.5, 0.6) is 0 Å². The smallest absolute Gasteiger partial charge is 0.254 e. The maximum atomic E-state index is 13.7. The Labute approximate surface area is 187 Å². The topological polar surface area (TPSA) is 67.4 Å². The number of likely N-dealkylation sites (N-methyl/N-ethyl adjacent to an activating group) is 1. The van der Waals surface area contributed by atoms with Gasteiger partial charge >= 0.3 is 0 Å². The summed E-state index contributed by atoms with van der Waals surface area (Å²) in [6.45, 7) is 1.97. The third kappa shape index (κ3) is 3.91. The van der Waals surface area contributed by atoms with Crippen LogP contribution in [-0.2, 0) is 6.54 Å². The van der Waals surface area contributed by atoms with Gasteiger partial charge in [-0.15, -0.1) is 0 Å². The number of amides is 1. The number of nitrogens with zero attached hydrogens (tertiary/aromatic N) is 5. The largest absolute Gasteiger partial charge is 0.467 e. The highest BCUT2D eigenvalue weighted by atomic mass is 16.3. The number of hydrogen-bond donors (Lipinski definition) is 0. The lowest BCUT2D eigenvalue weighted by Crippen LogP contribution is -2.47. The molecule has 1 saturated heterocycles. The van der Waals surface area contributed by atoms with Gasteiger partial charge < -0.3 is 14.2 Å². The van der Waals surface area contributed by atoms with Gasteiger partial charge in [-0.2, -0.15) is 5.10 Å². The van der Waals surface area contributed by atoms with Gasteiger partial charge in [0.05, 0.1) is 29.1 Å². The molecule has 0 bridgehead atoms. The van der Waals surface area contributed by atoms with Crippen molar-refractivity contribution in [1.82, 2.24) is 24.6 Å². The molecule has 4 aromatic rings. The van der Waals surface area contributed by atoms with Crippen LogP contribution in [0, 0.1) is 0 Å². The Hall–Kier alpha value is -3.45. The molecule has 0 spiro atoms. The number of carbonyl (C=O) groups excluding carboxylic acids is 1. The van der Waals surface area contributed by atoms with E-state index >= 15 is 0 Å². The molecule has 7 nitrogen and oxygen atoms in total. The van der Waals surface area contributed by atoms with Gasteiger partial charge in [0.1, 0.15) is 12.3 Å². The summed E-state index contributed by atoms with van der Waals surface area (Å²) in [7, 11) is 4.16. The van der Waals surface area contributed by atoms with Crippen molar-refractivity contribution >= 4 is 16.9 Å². The van der Waals surface area contributed by atoms with Gasteiger partial charge in [0.25, 0.3) is 5.91 Å². The minimum Gasteiger partial charge on any atom is -0.467 e. The number of carbonyl (C=O) groups is 1. The van der Waals surface area contributed by atoms with Crippen LogP contribution in [0.3, 0.4) is 0 Å². The Morgan fingerprint density at radius 1 is 1.19 bits per heavy atom. The van der Waals surface area contributed by atoms with Crippen molar-refractivity contribution < 1.29 is 9.21 Å². The van der Waals surface area contributed by atoms with Crippen molar-refractivity contribution in [1.29, 1.82) is 0 Å². The second kappa shape index (κ2) is 8.59. The molecular formula is C25H27N5O2. The zero-order valence-electron chi connectivity index (χ0n) is 18.4. The molecule has 1 atom stereocenters. The van der Waals surface area contributed by atoms with E-state index in [1.54, 1.807) is 17.1 Å². The fourth-order valence-corrected chi connectivity index (χ4v) is 4.38. The van der Waals surface area contributed by atoms with E-state index in [0.29, 0.717) is 23.8 Å². The number of fused-ring (bicyclic) bond motifs is 1. The molecule has 5 rings (SSSR count). The van der Waals surface area contributed by atoms with Crippen molar-refractivity contribution in [2.24, 2.45) is 0 Å². The first kappa shape index (κ1) is 20.5. The predicted molar refractivity (Wildman–Crippen MR) is 123 cm³/mol. The van der Waals surface area contributed by atoms with Gasteiger partial charge in [0, 0.05) is 24.7 Å². The lowest BCUT2D eigenvalue weighted by atomic mass is 10.0. The number of hydrogen-bond acceptors (Lipinski definition) is 5. The first-order chi connectivity index (χ1) is 15.6.